The van der Waals surface area contributed by atoms with Crippen LogP contribution in [0.5, 0.6) is 0 Å². The molecule has 0 saturated carbocycles. The van der Waals surface area contributed by atoms with Crippen LogP contribution in [0.1, 0.15) is 76.8 Å². The van der Waals surface area contributed by atoms with E-state index in [9.17, 15) is 35.9 Å². The van der Waals surface area contributed by atoms with Crippen LogP contribution in [0.15, 0.2) is 121 Å². The van der Waals surface area contributed by atoms with Gasteiger partial charge in [-0.25, -0.2) is 0 Å². The molecule has 1 amide bonds. The molecule has 0 aliphatic carbocycles. The summed E-state index contributed by atoms with van der Waals surface area (Å²) in [5, 5.41) is 1.92. The van der Waals surface area contributed by atoms with E-state index in [4.69, 9.17) is 26.8 Å². The van der Waals surface area contributed by atoms with E-state index in [0.717, 1.165) is 145 Å². The lowest BCUT2D eigenvalue weighted by molar-refractivity contribution is -0.138. The molecule has 0 unspecified atom stereocenters. The molecule has 3 N–H and O–H groups in total. The van der Waals surface area contributed by atoms with Gasteiger partial charge < -0.3 is 34.6 Å². The first kappa shape index (κ1) is 60.9. The molecule has 4 aromatic carbocycles. The Balaban J connectivity index is 0.000000216. The molecule has 8 rings (SSSR count). The monoisotopic (exact) mass is 1080 g/mol. The Bertz CT molecular complexity index is 2690. The zero-order chi connectivity index (χ0) is 55.3. The average Bonchev–Trinajstić information content (AvgIpc) is 3.90. The van der Waals surface area contributed by atoms with Gasteiger partial charge >= 0.3 is 12.4 Å². The maximum Gasteiger partial charge on any atom is 0.416 e. The normalized spacial score (nSPS) is 14.2. The van der Waals surface area contributed by atoms with Crippen LogP contribution in [0.4, 0.5) is 37.7 Å². The van der Waals surface area contributed by atoms with Gasteiger partial charge in [-0.3, -0.25) is 19.4 Å². The third-order valence-electron chi connectivity index (χ3n) is 13.3. The second kappa shape index (κ2) is 30.1. The molecule has 0 spiro atoms. The first-order chi connectivity index (χ1) is 36.3. The number of nitrogens with zero attached hydrogens (tertiary/aromatic N) is 5. The lowest BCUT2D eigenvalue weighted by atomic mass is 10.1. The summed E-state index contributed by atoms with van der Waals surface area (Å²) in [5.74, 6) is -0.570. The molecular weight excluding hydrogens is 1010 g/mol. The predicted octanol–water partition coefficient (Wildman–Crippen LogP) is 12.7. The van der Waals surface area contributed by atoms with Crippen molar-refractivity contribution >= 4 is 34.1 Å². The van der Waals surface area contributed by atoms with Crippen LogP contribution in [-0.4, -0.2) is 120 Å². The van der Waals surface area contributed by atoms with Crippen molar-refractivity contribution in [2.24, 2.45) is 0 Å². The molecule has 4 heterocycles. The van der Waals surface area contributed by atoms with Crippen molar-refractivity contribution in [1.82, 2.24) is 23.8 Å². The second-order valence-corrected chi connectivity index (χ2v) is 18.6. The fourth-order valence-corrected chi connectivity index (χ4v) is 8.90. The van der Waals surface area contributed by atoms with Gasteiger partial charge in [0.05, 0.1) is 60.3 Å². The van der Waals surface area contributed by atoms with E-state index in [-0.39, 0.29) is 11.1 Å². The van der Waals surface area contributed by atoms with Crippen LogP contribution in [0.3, 0.4) is 0 Å². The number of nitrogens with one attached hydrogen (secondary N) is 1. The Morgan fingerprint density at radius 1 is 0.579 bits per heavy atom. The van der Waals surface area contributed by atoms with Crippen molar-refractivity contribution in [3.05, 3.63) is 155 Å². The van der Waals surface area contributed by atoms with Crippen molar-refractivity contribution < 1.29 is 45.4 Å². The lowest BCUT2D eigenvalue weighted by Gasteiger charge is -2.26. The number of amides is 1. The van der Waals surface area contributed by atoms with Crippen molar-refractivity contribution in [2.45, 2.75) is 72.9 Å². The summed E-state index contributed by atoms with van der Waals surface area (Å²) in [7, 11) is 0. The third kappa shape index (κ3) is 18.7. The minimum absolute atomic E-state index is 0.0319. The number of carbonyl (C=O) groups excluding carboxylic acids is 2. The minimum atomic E-state index is -4.50. The standard InChI is InChI=1S/C26H28F3N3O2.C18H25N3O.C8H4ClF3O.C6H15N/c1-19-23(30-25(33)21-9-5-10-22(17-21)26(27,28)29)18-24(20-7-3-2-4-8-20)32(19)12-6-11-31-13-15-34-16-14-31;1-15-17(19)14-18(16-6-3-2-4-7-16)21(15)9-5-8-20-10-12-22-13-11-20;9-7(13)5-2-1-3-6(4-5)8(10,11)12;1-4-7(5-2)6-3/h2-5,7-10,17-18H,6,11-16H2,1H3,(H,30,33);2-4,6-7,14H,5,8-13,19H2,1H3;1-4H;4-6H2,1-3H3. The number of halogens is 7. The van der Waals surface area contributed by atoms with E-state index >= 15 is 0 Å². The maximum absolute atomic E-state index is 13.1. The van der Waals surface area contributed by atoms with E-state index in [1.807, 2.05) is 49.4 Å². The number of ether oxygens (including phenoxy) is 2. The number of nitrogen functional groups attached to an aromatic ring is 1. The van der Waals surface area contributed by atoms with Crippen LogP contribution in [0, 0.1) is 13.8 Å². The number of alkyl halides is 6. The number of hydrogen-bond acceptors (Lipinski definition) is 8. The molecule has 2 fully saturated rings. The molecule has 2 aliphatic rings. The summed E-state index contributed by atoms with van der Waals surface area (Å²) in [6, 6.07) is 32.8. The maximum atomic E-state index is 13.1. The Morgan fingerprint density at radius 3 is 1.42 bits per heavy atom. The molecule has 6 aromatic rings. The number of carbonyl (C=O) groups is 2. The molecule has 18 heteroatoms. The van der Waals surface area contributed by atoms with Crippen LogP contribution >= 0.6 is 11.6 Å². The second-order valence-electron chi connectivity index (χ2n) is 18.3. The van der Waals surface area contributed by atoms with Crippen LogP contribution < -0.4 is 11.1 Å². The molecule has 2 aliphatic heterocycles. The van der Waals surface area contributed by atoms with E-state index in [1.54, 1.807) is 0 Å². The van der Waals surface area contributed by atoms with Gasteiger partial charge in [-0.15, -0.1) is 0 Å². The molecule has 412 valence electrons. The summed E-state index contributed by atoms with van der Waals surface area (Å²) in [6.07, 6.45) is -6.88. The molecule has 11 nitrogen and oxygen atoms in total. The molecule has 0 atom stereocenters. The molecule has 2 aromatic heterocycles. The highest BCUT2D eigenvalue weighted by molar-refractivity contribution is 6.67. The highest BCUT2D eigenvalue weighted by Crippen LogP contribution is 2.33. The Kier molecular flexibility index (Phi) is 24.1. The number of rotatable bonds is 16. The quantitative estimate of drug-likeness (QED) is 0.0729. The van der Waals surface area contributed by atoms with E-state index in [0.29, 0.717) is 5.69 Å². The molecule has 76 heavy (non-hydrogen) atoms. The zero-order valence-corrected chi connectivity index (χ0v) is 44.9. The zero-order valence-electron chi connectivity index (χ0n) is 44.2. The number of benzene rings is 4. The van der Waals surface area contributed by atoms with Crippen molar-refractivity contribution in [3.63, 3.8) is 0 Å². The summed E-state index contributed by atoms with van der Waals surface area (Å²) in [6.45, 7) is 25.2. The fourth-order valence-electron chi connectivity index (χ4n) is 8.78. The third-order valence-corrected chi connectivity index (χ3v) is 13.5. The SMILES string of the molecule is CCN(CC)CC.Cc1c(N)cc(-c2ccccc2)n1CCCN1CCOCC1.Cc1c(NC(=O)c2cccc(C(F)(F)F)c2)cc(-c2ccccc2)n1CCCN1CCOCC1.O=C(Cl)c1cccc(C(F)(F)F)c1. The van der Waals surface area contributed by atoms with Crippen molar-refractivity contribution in [2.75, 3.05) is 96.4 Å². The molecular formula is C58H72ClF6N7O4. The molecule has 0 radical (unpaired) electrons. The van der Waals surface area contributed by atoms with Gasteiger partial charge in [-0.05, 0) is 112 Å². The number of aromatic nitrogens is 2. The predicted molar refractivity (Wildman–Crippen MR) is 292 cm³/mol. The average molecular weight is 1080 g/mol. The summed E-state index contributed by atoms with van der Waals surface area (Å²) in [5.41, 5.74) is 12.2. The fraction of sp³-hybridized carbons (Fsp3) is 0.414. The highest BCUT2D eigenvalue weighted by Gasteiger charge is 2.32. The van der Waals surface area contributed by atoms with Gasteiger partial charge in [0.2, 0.25) is 0 Å². The molecule has 2 saturated heterocycles. The van der Waals surface area contributed by atoms with Gasteiger partial charge in [-0.1, -0.05) is 99.6 Å². The van der Waals surface area contributed by atoms with Crippen LogP contribution in [0.2, 0.25) is 0 Å². The number of anilines is 2. The first-order valence-corrected chi connectivity index (χ1v) is 26.2. The van der Waals surface area contributed by atoms with Gasteiger partial charge in [-0.2, -0.15) is 26.3 Å². The summed E-state index contributed by atoms with van der Waals surface area (Å²) >= 11 is 5.02. The minimum Gasteiger partial charge on any atom is -0.397 e. The topological polar surface area (TPSA) is 110 Å². The van der Waals surface area contributed by atoms with E-state index in [1.165, 1.54) is 54.8 Å². The Morgan fingerprint density at radius 2 is 1.00 bits per heavy atom. The number of morpholine rings is 2. The molecule has 0 bridgehead atoms. The van der Waals surface area contributed by atoms with Crippen LogP contribution in [0.25, 0.3) is 22.5 Å². The smallest absolute Gasteiger partial charge is 0.397 e. The van der Waals surface area contributed by atoms with Gasteiger partial charge in [0.1, 0.15) is 0 Å². The van der Waals surface area contributed by atoms with E-state index < -0.39 is 34.6 Å². The van der Waals surface area contributed by atoms with Crippen LogP contribution in [-0.2, 0) is 34.9 Å². The van der Waals surface area contributed by atoms with Crippen molar-refractivity contribution in [3.8, 4) is 22.5 Å². The van der Waals surface area contributed by atoms with Gasteiger partial charge in [0, 0.05) is 74.9 Å². The number of hydrogen-bond donors (Lipinski definition) is 2. The number of nitrogens with two attached hydrogens (primary N) is 1. The van der Waals surface area contributed by atoms with Gasteiger partial charge in [0.25, 0.3) is 11.1 Å². The largest absolute Gasteiger partial charge is 0.416 e. The summed E-state index contributed by atoms with van der Waals surface area (Å²) in [4.78, 5) is 30.6. The van der Waals surface area contributed by atoms with E-state index in [2.05, 4.69) is 87.2 Å². The Hall–Kier alpha value is -5.95. The highest BCUT2D eigenvalue weighted by atomic mass is 35.5. The van der Waals surface area contributed by atoms with Gasteiger partial charge in [0.15, 0.2) is 0 Å². The van der Waals surface area contributed by atoms with Crippen molar-refractivity contribution in [1.29, 1.82) is 0 Å². The lowest BCUT2D eigenvalue weighted by Crippen LogP contribution is -2.37. The first-order valence-electron chi connectivity index (χ1n) is 25.8. The Labute approximate surface area is 448 Å². The summed E-state index contributed by atoms with van der Waals surface area (Å²) < 4.78 is 90.8.